The maximum Gasteiger partial charge on any atom is 0.222 e. The summed E-state index contributed by atoms with van der Waals surface area (Å²) in [6.45, 7) is 8.80. The Bertz CT molecular complexity index is 578. The Hall–Kier alpha value is -1.75. The highest BCUT2D eigenvalue weighted by Crippen LogP contribution is 2.12. The van der Waals surface area contributed by atoms with Crippen LogP contribution in [0.1, 0.15) is 36.2 Å². The molecule has 5 heteroatoms. The highest BCUT2D eigenvalue weighted by molar-refractivity contribution is 5.97. The summed E-state index contributed by atoms with van der Waals surface area (Å²) in [6, 6.07) is 4.47. The summed E-state index contributed by atoms with van der Waals surface area (Å²) in [5, 5.41) is 0. The molecule has 1 aromatic carbocycles. The van der Waals surface area contributed by atoms with Crippen molar-refractivity contribution in [2.45, 2.75) is 27.2 Å². The lowest BCUT2D eigenvalue weighted by atomic mass is 10.1. The van der Waals surface area contributed by atoms with Crippen LogP contribution in [-0.4, -0.2) is 54.2 Å². The number of halogens is 1. The molecule has 1 heterocycles. The Balaban J connectivity index is 1.85. The zero-order valence-electron chi connectivity index (χ0n) is 14.1. The third-order valence-corrected chi connectivity index (χ3v) is 4.15. The van der Waals surface area contributed by atoms with Crippen LogP contribution in [0.5, 0.6) is 0 Å². The number of carbonyl (C=O) groups is 2. The number of hydrogen-bond donors (Lipinski definition) is 0. The van der Waals surface area contributed by atoms with Gasteiger partial charge in [0.05, 0.1) is 6.54 Å². The van der Waals surface area contributed by atoms with E-state index in [1.54, 1.807) is 13.0 Å². The third kappa shape index (κ3) is 4.86. The Morgan fingerprint density at radius 1 is 1.17 bits per heavy atom. The molecule has 1 aliphatic rings. The lowest BCUT2D eigenvalue weighted by molar-refractivity contribution is -0.133. The molecule has 1 fully saturated rings. The molecule has 2 rings (SSSR count). The van der Waals surface area contributed by atoms with Crippen molar-refractivity contribution in [3.63, 3.8) is 0 Å². The quantitative estimate of drug-likeness (QED) is 0.783. The number of aryl methyl sites for hydroxylation is 1. The first-order chi connectivity index (χ1) is 10.9. The number of piperazine rings is 1. The molecular weight excluding hydrogens is 295 g/mol. The minimum atomic E-state index is -0.293. The van der Waals surface area contributed by atoms with Crippen molar-refractivity contribution in [2.24, 2.45) is 5.92 Å². The largest absolute Gasteiger partial charge is 0.340 e. The second kappa shape index (κ2) is 7.68. The third-order valence-electron chi connectivity index (χ3n) is 4.15. The van der Waals surface area contributed by atoms with E-state index in [4.69, 9.17) is 0 Å². The Kier molecular flexibility index (Phi) is 5.88. The highest BCUT2D eigenvalue weighted by Gasteiger charge is 2.23. The van der Waals surface area contributed by atoms with Gasteiger partial charge in [0.15, 0.2) is 5.78 Å². The van der Waals surface area contributed by atoms with Gasteiger partial charge in [-0.15, -0.1) is 0 Å². The summed E-state index contributed by atoms with van der Waals surface area (Å²) >= 11 is 0. The van der Waals surface area contributed by atoms with Crippen LogP contribution in [0.3, 0.4) is 0 Å². The predicted molar refractivity (Wildman–Crippen MR) is 87.9 cm³/mol. The molecular formula is C18H25FN2O2. The highest BCUT2D eigenvalue weighted by atomic mass is 19.1. The van der Waals surface area contributed by atoms with Crippen molar-refractivity contribution in [3.05, 3.63) is 35.1 Å². The summed E-state index contributed by atoms with van der Waals surface area (Å²) in [5.41, 5.74) is 1.03. The Morgan fingerprint density at radius 2 is 1.83 bits per heavy atom. The van der Waals surface area contributed by atoms with E-state index in [-0.39, 0.29) is 17.5 Å². The molecule has 1 aliphatic heterocycles. The SMILES string of the molecule is Cc1cc(C(=O)CN2CCN(C(=O)CC(C)C)CC2)ccc1F. The summed E-state index contributed by atoms with van der Waals surface area (Å²) in [7, 11) is 0. The van der Waals surface area contributed by atoms with Gasteiger partial charge >= 0.3 is 0 Å². The van der Waals surface area contributed by atoms with Crippen LogP contribution in [0.15, 0.2) is 18.2 Å². The number of amides is 1. The van der Waals surface area contributed by atoms with E-state index >= 15 is 0 Å². The number of carbonyl (C=O) groups excluding carboxylic acids is 2. The van der Waals surface area contributed by atoms with Gasteiger partial charge in [-0.1, -0.05) is 13.8 Å². The first kappa shape index (κ1) is 17.6. The fourth-order valence-electron chi connectivity index (χ4n) is 2.75. The Labute approximate surface area is 137 Å². The maximum absolute atomic E-state index is 13.3. The van der Waals surface area contributed by atoms with Crippen molar-refractivity contribution in [1.82, 2.24) is 9.80 Å². The molecule has 4 nitrogen and oxygen atoms in total. The van der Waals surface area contributed by atoms with Crippen molar-refractivity contribution in [2.75, 3.05) is 32.7 Å². The molecule has 0 spiro atoms. The van der Waals surface area contributed by atoms with E-state index in [0.29, 0.717) is 56.2 Å². The average Bonchev–Trinajstić information content (AvgIpc) is 2.50. The van der Waals surface area contributed by atoms with Gasteiger partial charge in [0.25, 0.3) is 0 Å². The number of rotatable bonds is 5. The van der Waals surface area contributed by atoms with Crippen LogP contribution in [-0.2, 0) is 4.79 Å². The molecule has 0 N–H and O–H groups in total. The van der Waals surface area contributed by atoms with Crippen molar-refractivity contribution in [1.29, 1.82) is 0 Å². The lowest BCUT2D eigenvalue weighted by Gasteiger charge is -2.34. The first-order valence-corrected chi connectivity index (χ1v) is 8.16. The first-order valence-electron chi connectivity index (χ1n) is 8.16. The second-order valence-electron chi connectivity index (χ2n) is 6.64. The topological polar surface area (TPSA) is 40.6 Å². The fourth-order valence-corrected chi connectivity index (χ4v) is 2.75. The van der Waals surface area contributed by atoms with E-state index in [1.807, 2.05) is 18.7 Å². The number of nitrogens with zero attached hydrogens (tertiary/aromatic N) is 2. The fraction of sp³-hybridized carbons (Fsp3) is 0.556. The van der Waals surface area contributed by atoms with Gasteiger partial charge in [-0.2, -0.15) is 0 Å². The molecule has 126 valence electrons. The van der Waals surface area contributed by atoms with Crippen molar-refractivity contribution < 1.29 is 14.0 Å². The predicted octanol–water partition coefficient (Wildman–Crippen LogP) is 2.51. The van der Waals surface area contributed by atoms with Crippen LogP contribution < -0.4 is 0 Å². The second-order valence-corrected chi connectivity index (χ2v) is 6.64. The molecule has 1 saturated heterocycles. The zero-order chi connectivity index (χ0) is 17.0. The molecule has 0 aromatic heterocycles. The van der Waals surface area contributed by atoms with Gasteiger partial charge in [-0.25, -0.2) is 4.39 Å². The van der Waals surface area contributed by atoms with Gasteiger partial charge in [0.2, 0.25) is 5.91 Å². The van der Waals surface area contributed by atoms with Gasteiger partial charge in [-0.3, -0.25) is 14.5 Å². The van der Waals surface area contributed by atoms with Crippen LogP contribution in [0.4, 0.5) is 4.39 Å². The number of benzene rings is 1. The van der Waals surface area contributed by atoms with Crippen LogP contribution in [0.25, 0.3) is 0 Å². The van der Waals surface area contributed by atoms with Gasteiger partial charge < -0.3 is 4.90 Å². The normalized spacial score (nSPS) is 16.0. The summed E-state index contributed by atoms with van der Waals surface area (Å²) in [4.78, 5) is 28.3. The minimum absolute atomic E-state index is 0.00458. The maximum atomic E-state index is 13.3. The van der Waals surface area contributed by atoms with E-state index in [9.17, 15) is 14.0 Å². The molecule has 23 heavy (non-hydrogen) atoms. The van der Waals surface area contributed by atoms with Crippen molar-refractivity contribution in [3.8, 4) is 0 Å². The van der Waals surface area contributed by atoms with E-state index in [2.05, 4.69) is 4.90 Å². The minimum Gasteiger partial charge on any atom is -0.340 e. The molecule has 1 amide bonds. The van der Waals surface area contributed by atoms with E-state index < -0.39 is 0 Å². The summed E-state index contributed by atoms with van der Waals surface area (Å²) in [6.07, 6.45) is 0.577. The Morgan fingerprint density at radius 3 is 2.39 bits per heavy atom. The number of hydrogen-bond acceptors (Lipinski definition) is 3. The van der Waals surface area contributed by atoms with Crippen molar-refractivity contribution >= 4 is 11.7 Å². The molecule has 1 aromatic rings. The molecule has 0 bridgehead atoms. The van der Waals surface area contributed by atoms with Crippen LogP contribution in [0, 0.1) is 18.7 Å². The molecule has 0 radical (unpaired) electrons. The average molecular weight is 320 g/mol. The van der Waals surface area contributed by atoms with Crippen LogP contribution >= 0.6 is 0 Å². The van der Waals surface area contributed by atoms with E-state index in [1.165, 1.54) is 12.1 Å². The molecule has 0 aliphatic carbocycles. The van der Waals surface area contributed by atoms with Gasteiger partial charge in [0.1, 0.15) is 5.82 Å². The molecule has 0 unspecified atom stereocenters. The van der Waals surface area contributed by atoms with Crippen LogP contribution in [0.2, 0.25) is 0 Å². The zero-order valence-corrected chi connectivity index (χ0v) is 14.1. The van der Waals surface area contributed by atoms with Gasteiger partial charge in [0, 0.05) is 38.2 Å². The number of Topliss-reactive ketones (excluding diaryl/α,β-unsaturated/α-hetero) is 1. The summed E-state index contributed by atoms with van der Waals surface area (Å²) in [5.74, 6) is 0.262. The lowest BCUT2D eigenvalue weighted by Crippen LogP contribution is -2.50. The summed E-state index contributed by atoms with van der Waals surface area (Å²) < 4.78 is 13.3. The number of ketones is 1. The molecule has 0 atom stereocenters. The standard InChI is InChI=1S/C18H25FN2O2/c1-13(2)10-18(23)21-8-6-20(7-9-21)12-17(22)15-4-5-16(19)14(3)11-15/h4-5,11,13H,6-10,12H2,1-3H3. The van der Waals surface area contributed by atoms with Gasteiger partial charge in [-0.05, 0) is 36.6 Å². The smallest absolute Gasteiger partial charge is 0.222 e. The monoisotopic (exact) mass is 320 g/mol. The molecule has 0 saturated carbocycles. The van der Waals surface area contributed by atoms with E-state index in [0.717, 1.165) is 0 Å².